The third-order valence-electron chi connectivity index (χ3n) is 6.73. The standard InChI is InChI=1S/C23H25N3O2/c1-3-13-4-9-17(18(27)10-13)21-19-14-5-7-15(8-6-14)20(19)22(26-25-21)24-16-11-23(2,28)12-16/h1,4,9-10,14-16,27-28H,5-8,11-12H2,2H3,(H,24,26). The van der Waals surface area contributed by atoms with Gasteiger partial charge >= 0.3 is 0 Å². The minimum Gasteiger partial charge on any atom is -0.507 e. The molecule has 2 fully saturated rings. The number of hydrogen-bond donors (Lipinski definition) is 3. The Kier molecular flexibility index (Phi) is 3.89. The Morgan fingerprint density at radius 3 is 2.39 bits per heavy atom. The Labute approximate surface area is 165 Å². The highest BCUT2D eigenvalue weighted by atomic mass is 16.3. The minimum atomic E-state index is -0.575. The number of aliphatic hydroxyl groups is 1. The molecule has 4 aliphatic carbocycles. The monoisotopic (exact) mass is 375 g/mol. The molecule has 5 heteroatoms. The van der Waals surface area contributed by atoms with Gasteiger partial charge in [-0.3, -0.25) is 0 Å². The van der Waals surface area contributed by atoms with Crippen LogP contribution in [-0.4, -0.2) is 32.1 Å². The quantitative estimate of drug-likeness (QED) is 0.709. The molecule has 1 aromatic carbocycles. The van der Waals surface area contributed by atoms with Crippen molar-refractivity contribution < 1.29 is 10.2 Å². The normalized spacial score (nSPS) is 30.2. The van der Waals surface area contributed by atoms with Crippen molar-refractivity contribution in [3.8, 4) is 29.4 Å². The number of hydrogen-bond acceptors (Lipinski definition) is 5. The van der Waals surface area contributed by atoms with E-state index in [1.165, 1.54) is 24.0 Å². The SMILES string of the molecule is C#Cc1ccc(-c2nnc(NC3CC(C)(O)C3)c3c2C2CCC3CC2)c(O)c1. The number of nitrogens with one attached hydrogen (secondary N) is 1. The van der Waals surface area contributed by atoms with E-state index >= 15 is 0 Å². The topological polar surface area (TPSA) is 78.3 Å². The summed E-state index contributed by atoms with van der Waals surface area (Å²) in [7, 11) is 0. The number of anilines is 1. The number of benzene rings is 1. The zero-order valence-electron chi connectivity index (χ0n) is 16.1. The average Bonchev–Trinajstić information content (AvgIpc) is 2.68. The Balaban J connectivity index is 1.59. The summed E-state index contributed by atoms with van der Waals surface area (Å²) in [5, 5.41) is 33.3. The van der Waals surface area contributed by atoms with Gasteiger partial charge in [-0.25, -0.2) is 0 Å². The number of phenolic OH excluding ortho intramolecular Hbond substituents is 1. The predicted octanol–water partition coefficient (Wildman–Crippen LogP) is 3.91. The molecule has 1 aromatic heterocycles. The maximum Gasteiger partial charge on any atom is 0.152 e. The third kappa shape index (κ3) is 2.75. The molecule has 144 valence electrons. The first-order chi connectivity index (χ1) is 13.4. The zero-order valence-corrected chi connectivity index (χ0v) is 16.1. The molecule has 0 radical (unpaired) electrons. The number of rotatable bonds is 3. The van der Waals surface area contributed by atoms with E-state index in [1.54, 1.807) is 6.07 Å². The smallest absolute Gasteiger partial charge is 0.152 e. The molecule has 0 unspecified atom stereocenters. The van der Waals surface area contributed by atoms with Crippen LogP contribution in [0.15, 0.2) is 18.2 Å². The molecule has 2 saturated carbocycles. The van der Waals surface area contributed by atoms with Crippen molar-refractivity contribution in [2.24, 2.45) is 0 Å². The van der Waals surface area contributed by atoms with Gasteiger partial charge in [-0.05, 0) is 81.0 Å². The van der Waals surface area contributed by atoms with Gasteiger partial charge in [0.25, 0.3) is 0 Å². The molecule has 3 N–H and O–H groups in total. The second kappa shape index (κ2) is 6.22. The van der Waals surface area contributed by atoms with E-state index in [-0.39, 0.29) is 11.8 Å². The van der Waals surface area contributed by atoms with Crippen molar-refractivity contribution in [3.05, 3.63) is 34.9 Å². The summed E-state index contributed by atoms with van der Waals surface area (Å²) in [5.41, 5.74) is 4.09. The molecule has 0 saturated heterocycles. The van der Waals surface area contributed by atoms with Crippen LogP contribution in [0.4, 0.5) is 5.82 Å². The Morgan fingerprint density at radius 1 is 1.11 bits per heavy atom. The maximum atomic E-state index is 10.6. The van der Waals surface area contributed by atoms with Gasteiger partial charge in [0.15, 0.2) is 5.82 Å². The van der Waals surface area contributed by atoms with Crippen molar-refractivity contribution in [1.29, 1.82) is 0 Å². The van der Waals surface area contributed by atoms with Crippen molar-refractivity contribution in [1.82, 2.24) is 10.2 Å². The van der Waals surface area contributed by atoms with Crippen LogP contribution in [0, 0.1) is 12.3 Å². The van der Waals surface area contributed by atoms with Crippen LogP contribution in [0.2, 0.25) is 0 Å². The maximum absolute atomic E-state index is 10.6. The molecular formula is C23H25N3O2. The zero-order chi connectivity index (χ0) is 19.5. The molecule has 2 aromatic rings. The molecule has 1 heterocycles. The van der Waals surface area contributed by atoms with Gasteiger partial charge in [-0.2, -0.15) is 0 Å². The molecule has 5 nitrogen and oxygen atoms in total. The van der Waals surface area contributed by atoms with Crippen molar-refractivity contribution in [3.63, 3.8) is 0 Å². The van der Waals surface area contributed by atoms with E-state index in [0.29, 0.717) is 23.0 Å². The first-order valence-corrected chi connectivity index (χ1v) is 10.1. The number of aromatic hydroxyl groups is 1. The first kappa shape index (κ1) is 17.5. The molecule has 6 rings (SSSR count). The predicted molar refractivity (Wildman–Crippen MR) is 108 cm³/mol. The highest BCUT2D eigenvalue weighted by molar-refractivity contribution is 5.75. The van der Waals surface area contributed by atoms with Gasteiger partial charge in [0.05, 0.1) is 5.60 Å². The lowest BCUT2D eigenvalue weighted by Gasteiger charge is -2.44. The highest BCUT2D eigenvalue weighted by Crippen LogP contribution is 2.54. The van der Waals surface area contributed by atoms with Gasteiger partial charge in [-0.1, -0.05) is 5.92 Å². The Bertz CT molecular complexity index is 976. The van der Waals surface area contributed by atoms with Gasteiger partial charge in [0.1, 0.15) is 11.4 Å². The summed E-state index contributed by atoms with van der Waals surface area (Å²) in [4.78, 5) is 0. The average molecular weight is 375 g/mol. The van der Waals surface area contributed by atoms with Gasteiger partial charge < -0.3 is 15.5 Å². The number of phenols is 1. The lowest BCUT2D eigenvalue weighted by molar-refractivity contribution is -0.0235. The fraction of sp³-hybridized carbons (Fsp3) is 0.478. The number of terminal acetylenes is 1. The summed E-state index contributed by atoms with van der Waals surface area (Å²) in [6.07, 6.45) is 11.6. The Hall–Kier alpha value is -2.58. The minimum absolute atomic E-state index is 0.157. The van der Waals surface area contributed by atoms with E-state index in [4.69, 9.17) is 6.42 Å². The van der Waals surface area contributed by atoms with E-state index in [1.807, 2.05) is 19.1 Å². The van der Waals surface area contributed by atoms with Crippen LogP contribution in [0.5, 0.6) is 5.75 Å². The second-order valence-electron chi connectivity index (χ2n) is 8.90. The highest BCUT2D eigenvalue weighted by Gasteiger charge is 2.42. The Morgan fingerprint density at radius 2 is 1.79 bits per heavy atom. The first-order valence-electron chi connectivity index (χ1n) is 10.1. The van der Waals surface area contributed by atoms with Crippen LogP contribution in [-0.2, 0) is 0 Å². The molecule has 28 heavy (non-hydrogen) atoms. The summed E-state index contributed by atoms with van der Waals surface area (Å²) < 4.78 is 0. The largest absolute Gasteiger partial charge is 0.507 e. The van der Waals surface area contributed by atoms with E-state index in [2.05, 4.69) is 21.4 Å². The van der Waals surface area contributed by atoms with Gasteiger partial charge in [0.2, 0.25) is 0 Å². The molecule has 0 aliphatic heterocycles. The van der Waals surface area contributed by atoms with Crippen molar-refractivity contribution >= 4 is 5.82 Å². The lowest BCUT2D eigenvalue weighted by atomic mass is 9.66. The van der Waals surface area contributed by atoms with Crippen LogP contribution in [0.25, 0.3) is 11.3 Å². The third-order valence-corrected chi connectivity index (χ3v) is 6.73. The summed E-state index contributed by atoms with van der Waals surface area (Å²) in [6, 6.07) is 5.55. The van der Waals surface area contributed by atoms with Gasteiger partial charge in [-0.15, -0.1) is 16.6 Å². The van der Waals surface area contributed by atoms with Crippen molar-refractivity contribution in [2.75, 3.05) is 5.32 Å². The lowest BCUT2D eigenvalue weighted by Crippen LogP contribution is -2.48. The van der Waals surface area contributed by atoms with Gasteiger partial charge in [0, 0.05) is 22.7 Å². The molecule has 0 spiro atoms. The fourth-order valence-electron chi connectivity index (χ4n) is 5.38. The molecule has 0 atom stereocenters. The number of aromatic nitrogens is 2. The van der Waals surface area contributed by atoms with E-state index in [0.717, 1.165) is 37.2 Å². The van der Waals surface area contributed by atoms with E-state index in [9.17, 15) is 10.2 Å². The molecular weight excluding hydrogens is 350 g/mol. The van der Waals surface area contributed by atoms with Crippen LogP contribution >= 0.6 is 0 Å². The summed E-state index contributed by atoms with van der Waals surface area (Å²) in [6.45, 7) is 1.88. The van der Waals surface area contributed by atoms with E-state index < -0.39 is 5.60 Å². The number of fused-ring (bicyclic) bond motifs is 2. The van der Waals surface area contributed by atoms with Crippen LogP contribution in [0.3, 0.4) is 0 Å². The summed E-state index contributed by atoms with van der Waals surface area (Å²) in [5.74, 6) is 4.54. The molecule has 0 amide bonds. The molecule has 4 aliphatic rings. The second-order valence-corrected chi connectivity index (χ2v) is 8.90. The van der Waals surface area contributed by atoms with Crippen LogP contribution in [0.1, 0.15) is 74.0 Å². The number of nitrogens with zero attached hydrogens (tertiary/aromatic N) is 2. The fourth-order valence-corrected chi connectivity index (χ4v) is 5.38. The van der Waals surface area contributed by atoms with Crippen molar-refractivity contribution in [2.45, 2.75) is 68.9 Å². The molecule has 2 bridgehead atoms. The van der Waals surface area contributed by atoms with Crippen LogP contribution < -0.4 is 5.32 Å². The summed E-state index contributed by atoms with van der Waals surface area (Å²) >= 11 is 0.